The van der Waals surface area contributed by atoms with Gasteiger partial charge in [-0.25, -0.2) is 9.97 Å². The van der Waals surface area contributed by atoms with E-state index in [2.05, 4.69) is 25.6 Å². The van der Waals surface area contributed by atoms with Crippen LogP contribution in [-0.2, 0) is 6.42 Å². The predicted octanol–water partition coefficient (Wildman–Crippen LogP) is 3.25. The van der Waals surface area contributed by atoms with Crippen LogP contribution in [0.15, 0.2) is 67.0 Å². The van der Waals surface area contributed by atoms with Crippen LogP contribution in [0.4, 0.5) is 5.95 Å². The van der Waals surface area contributed by atoms with Crippen LogP contribution in [0.3, 0.4) is 0 Å². The summed E-state index contributed by atoms with van der Waals surface area (Å²) in [6, 6.07) is 16.5. The molecule has 1 aliphatic carbocycles. The van der Waals surface area contributed by atoms with Gasteiger partial charge in [-0.05, 0) is 35.4 Å². The Kier molecular flexibility index (Phi) is 5.12. The highest BCUT2D eigenvalue weighted by Gasteiger charge is 2.31. The van der Waals surface area contributed by atoms with Gasteiger partial charge < -0.3 is 20.5 Å². The first-order chi connectivity index (χ1) is 15.6. The Hall–Kier alpha value is -4.04. The summed E-state index contributed by atoms with van der Waals surface area (Å²) in [5, 5.41) is 17.1. The Bertz CT molecular complexity index is 1310. The summed E-state index contributed by atoms with van der Waals surface area (Å²) in [6.45, 7) is 0. The first-order valence-electron chi connectivity index (χ1n) is 10.3. The number of nitrogens with zero attached hydrogens (tertiary/aromatic N) is 3. The van der Waals surface area contributed by atoms with Gasteiger partial charge in [0.1, 0.15) is 17.2 Å². The number of rotatable bonds is 5. The molecular weight excluding hydrogens is 406 g/mol. The second kappa shape index (κ2) is 8.24. The number of benzene rings is 2. The van der Waals surface area contributed by atoms with Gasteiger partial charge in [0.25, 0.3) is 5.91 Å². The third kappa shape index (κ3) is 3.83. The zero-order valence-electron chi connectivity index (χ0n) is 17.3. The fourth-order valence-corrected chi connectivity index (χ4v) is 3.89. The number of hydrogen-bond acceptors (Lipinski definition) is 7. The lowest BCUT2D eigenvalue weighted by Gasteiger charge is -2.18. The number of pyridine rings is 1. The molecule has 8 heteroatoms. The number of anilines is 1. The molecule has 3 N–H and O–H groups in total. The third-order valence-electron chi connectivity index (χ3n) is 5.47. The van der Waals surface area contributed by atoms with Crippen LogP contribution in [0, 0.1) is 0 Å². The maximum atomic E-state index is 11.8. The second-order valence-electron chi connectivity index (χ2n) is 7.56. The highest BCUT2D eigenvalue weighted by Crippen LogP contribution is 2.33. The van der Waals surface area contributed by atoms with Crippen LogP contribution >= 0.6 is 0 Å². The first kappa shape index (κ1) is 19.9. The van der Waals surface area contributed by atoms with E-state index in [9.17, 15) is 9.90 Å². The van der Waals surface area contributed by atoms with Gasteiger partial charge in [0, 0.05) is 37.3 Å². The highest BCUT2D eigenvalue weighted by molar-refractivity contribution is 5.92. The SMILES string of the molecule is CNC(=O)c1cc(Oc2ccc3nc(N[C@H]4c5ccccc5C[C@H]4O)ncc3c2)ccn1. The Morgan fingerprint density at radius 1 is 1.09 bits per heavy atom. The molecule has 2 aromatic carbocycles. The summed E-state index contributed by atoms with van der Waals surface area (Å²) >= 11 is 0. The van der Waals surface area contributed by atoms with Crippen molar-refractivity contribution in [2.45, 2.75) is 18.6 Å². The van der Waals surface area contributed by atoms with Gasteiger partial charge in [-0.15, -0.1) is 0 Å². The molecule has 0 fully saturated rings. The average Bonchev–Trinajstić information content (AvgIpc) is 3.13. The van der Waals surface area contributed by atoms with Crippen LogP contribution in [0.25, 0.3) is 10.9 Å². The number of fused-ring (bicyclic) bond motifs is 2. The summed E-state index contributed by atoms with van der Waals surface area (Å²) in [5.41, 5.74) is 3.23. The minimum absolute atomic E-state index is 0.243. The maximum absolute atomic E-state index is 11.8. The number of nitrogens with one attached hydrogen (secondary N) is 2. The number of hydrogen-bond donors (Lipinski definition) is 3. The Morgan fingerprint density at radius 2 is 1.94 bits per heavy atom. The molecule has 0 aliphatic heterocycles. The van der Waals surface area contributed by atoms with E-state index in [1.54, 1.807) is 31.4 Å². The fourth-order valence-electron chi connectivity index (χ4n) is 3.89. The fraction of sp³-hybridized carbons (Fsp3) is 0.167. The second-order valence-corrected chi connectivity index (χ2v) is 7.56. The zero-order valence-corrected chi connectivity index (χ0v) is 17.3. The maximum Gasteiger partial charge on any atom is 0.269 e. The van der Waals surface area contributed by atoms with Crippen molar-refractivity contribution in [1.29, 1.82) is 0 Å². The van der Waals surface area contributed by atoms with Crippen molar-refractivity contribution in [3.8, 4) is 11.5 Å². The van der Waals surface area contributed by atoms with E-state index >= 15 is 0 Å². The van der Waals surface area contributed by atoms with Crippen LogP contribution in [0.5, 0.6) is 11.5 Å². The van der Waals surface area contributed by atoms with Crippen LogP contribution in [0.2, 0.25) is 0 Å². The molecule has 2 heterocycles. The van der Waals surface area contributed by atoms with E-state index in [1.165, 1.54) is 6.20 Å². The largest absolute Gasteiger partial charge is 0.457 e. The molecule has 0 bridgehead atoms. The van der Waals surface area contributed by atoms with Crippen LogP contribution < -0.4 is 15.4 Å². The van der Waals surface area contributed by atoms with Crippen molar-refractivity contribution < 1.29 is 14.6 Å². The molecule has 32 heavy (non-hydrogen) atoms. The topological polar surface area (TPSA) is 109 Å². The number of amides is 1. The lowest BCUT2D eigenvalue weighted by atomic mass is 10.1. The molecule has 4 aromatic rings. The predicted molar refractivity (Wildman–Crippen MR) is 120 cm³/mol. The Morgan fingerprint density at radius 3 is 2.81 bits per heavy atom. The number of carbonyl (C=O) groups is 1. The van der Waals surface area contributed by atoms with Gasteiger partial charge in [0.2, 0.25) is 5.95 Å². The van der Waals surface area contributed by atoms with E-state index in [0.29, 0.717) is 23.9 Å². The van der Waals surface area contributed by atoms with Crippen LogP contribution in [-0.4, -0.2) is 39.1 Å². The molecule has 0 unspecified atom stereocenters. The minimum Gasteiger partial charge on any atom is -0.457 e. The van der Waals surface area contributed by atoms with Crippen molar-refractivity contribution in [3.63, 3.8) is 0 Å². The van der Waals surface area contributed by atoms with Gasteiger partial charge >= 0.3 is 0 Å². The molecule has 160 valence electrons. The molecule has 0 saturated carbocycles. The Balaban J connectivity index is 1.36. The smallest absolute Gasteiger partial charge is 0.269 e. The molecule has 2 aromatic heterocycles. The molecule has 1 amide bonds. The third-order valence-corrected chi connectivity index (χ3v) is 5.47. The van der Waals surface area contributed by atoms with Crippen LogP contribution in [0.1, 0.15) is 27.7 Å². The van der Waals surface area contributed by atoms with Gasteiger partial charge in [0.15, 0.2) is 0 Å². The first-order valence-corrected chi connectivity index (χ1v) is 10.3. The minimum atomic E-state index is -0.525. The summed E-state index contributed by atoms with van der Waals surface area (Å²) < 4.78 is 5.89. The van der Waals surface area contributed by atoms with E-state index in [4.69, 9.17) is 4.74 Å². The summed E-state index contributed by atoms with van der Waals surface area (Å²) in [7, 11) is 1.55. The van der Waals surface area contributed by atoms with Crippen molar-refractivity contribution in [2.24, 2.45) is 0 Å². The van der Waals surface area contributed by atoms with Gasteiger partial charge in [-0.1, -0.05) is 24.3 Å². The van der Waals surface area contributed by atoms with Gasteiger partial charge in [0.05, 0.1) is 17.7 Å². The number of carbonyl (C=O) groups excluding carboxylic acids is 1. The molecule has 0 spiro atoms. The van der Waals surface area contributed by atoms with Crippen molar-refractivity contribution in [3.05, 3.63) is 83.8 Å². The zero-order chi connectivity index (χ0) is 22.1. The summed E-state index contributed by atoms with van der Waals surface area (Å²) in [4.78, 5) is 24.8. The molecule has 1 aliphatic rings. The quantitative estimate of drug-likeness (QED) is 0.449. The molecule has 2 atom stereocenters. The molecule has 0 radical (unpaired) electrons. The van der Waals surface area contributed by atoms with Gasteiger partial charge in [-0.3, -0.25) is 9.78 Å². The van der Waals surface area contributed by atoms with Crippen molar-refractivity contribution in [2.75, 3.05) is 12.4 Å². The number of aliphatic hydroxyl groups is 1. The summed E-state index contributed by atoms with van der Waals surface area (Å²) in [6.07, 6.45) is 3.33. The van der Waals surface area contributed by atoms with Crippen molar-refractivity contribution >= 4 is 22.8 Å². The number of aliphatic hydroxyl groups excluding tert-OH is 1. The number of aromatic nitrogens is 3. The lowest BCUT2D eigenvalue weighted by Crippen LogP contribution is -2.22. The van der Waals surface area contributed by atoms with Gasteiger partial charge in [-0.2, -0.15) is 0 Å². The summed E-state index contributed by atoms with van der Waals surface area (Å²) in [5.74, 6) is 1.27. The number of ether oxygens (including phenoxy) is 1. The standard InChI is InChI=1S/C24H21N5O3/c1-25-23(31)20-12-17(8-9-26-20)32-16-6-7-19-15(10-16)13-27-24(28-19)29-22-18-5-3-2-4-14(18)11-21(22)30/h2-10,12-13,21-22,30H,11H2,1H3,(H,25,31)(H,27,28,29)/t21-,22+/m1/s1. The van der Waals surface area contributed by atoms with E-state index in [-0.39, 0.29) is 17.6 Å². The molecule has 5 rings (SSSR count). The normalized spacial score (nSPS) is 17.1. The monoisotopic (exact) mass is 427 g/mol. The van der Waals surface area contributed by atoms with E-state index in [1.807, 2.05) is 36.4 Å². The average molecular weight is 427 g/mol. The van der Waals surface area contributed by atoms with E-state index < -0.39 is 6.10 Å². The lowest BCUT2D eigenvalue weighted by molar-refractivity contribution is 0.0958. The van der Waals surface area contributed by atoms with Crippen molar-refractivity contribution in [1.82, 2.24) is 20.3 Å². The molecule has 8 nitrogen and oxygen atoms in total. The highest BCUT2D eigenvalue weighted by atomic mass is 16.5. The molecule has 0 saturated heterocycles. The van der Waals surface area contributed by atoms with E-state index in [0.717, 1.165) is 22.0 Å². The Labute approximate surface area is 184 Å². The molecular formula is C24H21N5O3.